The van der Waals surface area contributed by atoms with E-state index < -0.39 is 11.6 Å². The van der Waals surface area contributed by atoms with E-state index in [2.05, 4.69) is 26.5 Å². The number of H-pyrrole nitrogens is 1. The van der Waals surface area contributed by atoms with E-state index in [0.29, 0.717) is 17.1 Å². The van der Waals surface area contributed by atoms with Gasteiger partial charge in [0.2, 0.25) is 0 Å². The molecule has 0 aliphatic rings. The second kappa shape index (κ2) is 9.20. The summed E-state index contributed by atoms with van der Waals surface area (Å²) >= 11 is 0. The molecule has 0 saturated heterocycles. The van der Waals surface area contributed by atoms with Gasteiger partial charge in [0.15, 0.2) is 0 Å². The number of carbonyl (C=O) groups excluding carboxylic acids is 1. The number of fused-ring (bicyclic) bond motifs is 1. The summed E-state index contributed by atoms with van der Waals surface area (Å²) in [6.45, 7) is 7.65. The lowest BCUT2D eigenvalue weighted by atomic mass is 9.96. The number of alkyl halides is 3. The van der Waals surface area contributed by atoms with Gasteiger partial charge in [-0.15, -0.1) is 0 Å². The Morgan fingerprint density at radius 3 is 2.45 bits per heavy atom. The van der Waals surface area contributed by atoms with Crippen molar-refractivity contribution >= 4 is 16.9 Å². The second-order valence-corrected chi connectivity index (χ2v) is 8.21. The molecule has 1 amide bonds. The summed E-state index contributed by atoms with van der Waals surface area (Å²) < 4.78 is 36.4. The molecule has 1 aromatic carbocycles. The Labute approximate surface area is 178 Å². The Morgan fingerprint density at radius 1 is 1.26 bits per heavy atom. The number of halogens is 3. The van der Waals surface area contributed by atoms with Gasteiger partial charge in [-0.05, 0) is 38.1 Å². The van der Waals surface area contributed by atoms with Crippen LogP contribution < -0.4 is 5.32 Å². The zero-order chi connectivity index (χ0) is 23.4. The highest BCUT2D eigenvalue weighted by Crippen LogP contribution is 2.36. The average Bonchev–Trinajstić information content (AvgIpc) is 3.31. The van der Waals surface area contributed by atoms with Crippen molar-refractivity contribution in [2.45, 2.75) is 53.4 Å². The SMILES string of the molecule is CC(C)(C)C(F)(F)F.CC(C)n1nccc1C(=O)NCc1nc2ccc(C#N)cc2[nH]1. The highest BCUT2D eigenvalue weighted by atomic mass is 19.4. The lowest BCUT2D eigenvalue weighted by Crippen LogP contribution is -2.28. The Morgan fingerprint density at radius 2 is 1.90 bits per heavy atom. The van der Waals surface area contributed by atoms with Crippen LogP contribution in [-0.4, -0.2) is 31.8 Å². The fourth-order valence-corrected chi connectivity index (χ4v) is 2.38. The molecule has 0 spiro atoms. The van der Waals surface area contributed by atoms with E-state index >= 15 is 0 Å². The normalized spacial score (nSPS) is 11.7. The van der Waals surface area contributed by atoms with Gasteiger partial charge in [0.05, 0.1) is 34.6 Å². The number of amides is 1. The molecule has 2 heterocycles. The molecular formula is C21H25F3N6O. The van der Waals surface area contributed by atoms with Crippen molar-refractivity contribution in [3.8, 4) is 6.07 Å². The molecule has 0 saturated carbocycles. The van der Waals surface area contributed by atoms with Gasteiger partial charge in [-0.3, -0.25) is 9.48 Å². The van der Waals surface area contributed by atoms with Crippen molar-refractivity contribution in [2.24, 2.45) is 5.41 Å². The number of aromatic amines is 1. The third-order valence-corrected chi connectivity index (χ3v) is 4.32. The number of imidazole rings is 1. The first kappa shape index (κ1) is 23.9. The fourth-order valence-electron chi connectivity index (χ4n) is 2.38. The number of hydrogen-bond donors (Lipinski definition) is 2. The van der Waals surface area contributed by atoms with Crippen molar-refractivity contribution in [1.29, 1.82) is 5.26 Å². The molecule has 0 fully saturated rings. The largest absolute Gasteiger partial charge is 0.393 e. The zero-order valence-electron chi connectivity index (χ0n) is 18.0. The van der Waals surface area contributed by atoms with Crippen LogP contribution in [0.3, 0.4) is 0 Å². The quantitative estimate of drug-likeness (QED) is 0.620. The van der Waals surface area contributed by atoms with Gasteiger partial charge in [0, 0.05) is 12.2 Å². The van der Waals surface area contributed by atoms with Crippen molar-refractivity contribution < 1.29 is 18.0 Å². The minimum Gasteiger partial charge on any atom is -0.343 e. The predicted octanol–water partition coefficient (Wildman–Crippen LogP) is 4.74. The van der Waals surface area contributed by atoms with E-state index in [-0.39, 0.29) is 18.5 Å². The number of carbonyl (C=O) groups is 1. The van der Waals surface area contributed by atoms with E-state index in [1.54, 1.807) is 35.1 Å². The van der Waals surface area contributed by atoms with E-state index in [0.717, 1.165) is 31.8 Å². The number of aromatic nitrogens is 4. The van der Waals surface area contributed by atoms with Gasteiger partial charge in [0.25, 0.3) is 5.91 Å². The molecule has 10 heteroatoms. The van der Waals surface area contributed by atoms with Crippen molar-refractivity contribution in [3.05, 3.63) is 47.5 Å². The highest BCUT2D eigenvalue weighted by molar-refractivity contribution is 5.92. The van der Waals surface area contributed by atoms with Crippen LogP contribution in [0, 0.1) is 16.7 Å². The number of nitrogens with zero attached hydrogens (tertiary/aromatic N) is 4. The van der Waals surface area contributed by atoms with Crippen LogP contribution in [0.2, 0.25) is 0 Å². The Kier molecular flexibility index (Phi) is 7.10. The Balaban J connectivity index is 0.000000366. The fraction of sp³-hybridized carbons (Fsp3) is 0.429. The third kappa shape index (κ3) is 6.07. The smallest absolute Gasteiger partial charge is 0.343 e. The molecule has 0 aliphatic heterocycles. The van der Waals surface area contributed by atoms with Crippen LogP contribution in [0.5, 0.6) is 0 Å². The predicted molar refractivity (Wildman–Crippen MR) is 110 cm³/mol. The second-order valence-electron chi connectivity index (χ2n) is 8.21. The third-order valence-electron chi connectivity index (χ3n) is 4.32. The summed E-state index contributed by atoms with van der Waals surface area (Å²) in [6.07, 6.45) is -2.45. The molecule has 3 rings (SSSR count). The minimum absolute atomic E-state index is 0.112. The van der Waals surface area contributed by atoms with Crippen LogP contribution in [0.4, 0.5) is 13.2 Å². The monoisotopic (exact) mass is 434 g/mol. The van der Waals surface area contributed by atoms with Crippen molar-refractivity contribution in [2.75, 3.05) is 0 Å². The summed E-state index contributed by atoms with van der Waals surface area (Å²) in [5.74, 6) is 0.438. The topological polar surface area (TPSA) is 99.4 Å². The van der Waals surface area contributed by atoms with E-state index in [4.69, 9.17) is 5.26 Å². The Hall–Kier alpha value is -3.35. The first-order chi connectivity index (χ1) is 14.3. The Bertz CT molecular complexity index is 1070. The van der Waals surface area contributed by atoms with Gasteiger partial charge in [-0.25, -0.2) is 4.98 Å². The zero-order valence-corrected chi connectivity index (χ0v) is 18.0. The van der Waals surface area contributed by atoms with E-state index in [1.165, 1.54) is 0 Å². The van der Waals surface area contributed by atoms with Crippen LogP contribution >= 0.6 is 0 Å². The molecule has 0 atom stereocenters. The number of rotatable bonds is 4. The molecule has 7 nitrogen and oxygen atoms in total. The number of nitriles is 1. The van der Waals surface area contributed by atoms with Crippen LogP contribution in [0.15, 0.2) is 30.5 Å². The molecule has 2 N–H and O–H groups in total. The average molecular weight is 434 g/mol. The maximum Gasteiger partial charge on any atom is 0.393 e. The van der Waals surface area contributed by atoms with Gasteiger partial charge in [0.1, 0.15) is 11.5 Å². The maximum absolute atomic E-state index is 12.3. The maximum atomic E-state index is 12.3. The summed E-state index contributed by atoms with van der Waals surface area (Å²) in [6, 6.07) is 9.12. The van der Waals surface area contributed by atoms with Gasteiger partial charge in [-0.2, -0.15) is 23.5 Å². The molecule has 0 aliphatic carbocycles. The first-order valence-electron chi connectivity index (χ1n) is 9.60. The molecule has 0 unspecified atom stereocenters. The summed E-state index contributed by atoms with van der Waals surface area (Å²) in [5, 5.41) is 15.9. The van der Waals surface area contributed by atoms with Gasteiger partial charge < -0.3 is 10.3 Å². The minimum atomic E-state index is -4.06. The van der Waals surface area contributed by atoms with E-state index in [1.807, 2.05) is 13.8 Å². The molecule has 3 aromatic rings. The molecular weight excluding hydrogens is 409 g/mol. The first-order valence-corrected chi connectivity index (χ1v) is 9.60. The molecule has 31 heavy (non-hydrogen) atoms. The van der Waals surface area contributed by atoms with Gasteiger partial charge in [-0.1, -0.05) is 20.8 Å². The number of benzene rings is 1. The van der Waals surface area contributed by atoms with E-state index in [9.17, 15) is 18.0 Å². The van der Waals surface area contributed by atoms with Crippen molar-refractivity contribution in [1.82, 2.24) is 25.1 Å². The highest BCUT2D eigenvalue weighted by Gasteiger charge is 2.42. The van der Waals surface area contributed by atoms with Crippen LogP contribution in [0.25, 0.3) is 11.0 Å². The van der Waals surface area contributed by atoms with Crippen LogP contribution in [-0.2, 0) is 6.54 Å². The summed E-state index contributed by atoms with van der Waals surface area (Å²) in [7, 11) is 0. The lowest BCUT2D eigenvalue weighted by Gasteiger charge is -2.21. The molecule has 0 radical (unpaired) electrons. The molecule has 2 aromatic heterocycles. The molecule has 0 bridgehead atoms. The summed E-state index contributed by atoms with van der Waals surface area (Å²) in [5.41, 5.74) is 1.06. The standard InChI is InChI=1S/C16H16N6O.C5H9F3/c1-10(2)22-14(5-6-19-22)16(23)18-9-15-20-12-4-3-11(8-17)7-13(12)21-15;1-4(2,3)5(6,7)8/h3-7,10H,9H2,1-2H3,(H,18,23)(H,20,21);1-3H3. The van der Waals surface area contributed by atoms with Crippen molar-refractivity contribution in [3.63, 3.8) is 0 Å². The molecule has 166 valence electrons. The lowest BCUT2D eigenvalue weighted by molar-refractivity contribution is -0.204. The van der Waals surface area contributed by atoms with Crippen LogP contribution in [0.1, 0.15) is 62.5 Å². The number of nitrogens with one attached hydrogen (secondary N) is 2. The number of hydrogen-bond acceptors (Lipinski definition) is 4. The van der Waals surface area contributed by atoms with Gasteiger partial charge >= 0.3 is 6.18 Å². The summed E-state index contributed by atoms with van der Waals surface area (Å²) in [4.78, 5) is 19.8.